The summed E-state index contributed by atoms with van der Waals surface area (Å²) in [4.78, 5) is 22.3. The third kappa shape index (κ3) is 3.59. The molecule has 0 unspecified atom stereocenters. The van der Waals surface area contributed by atoms with Gasteiger partial charge in [-0.2, -0.15) is 0 Å². The predicted molar refractivity (Wildman–Crippen MR) is 108 cm³/mol. The Kier molecular flexibility index (Phi) is 4.69. The Morgan fingerprint density at radius 1 is 1.33 bits per heavy atom. The highest BCUT2D eigenvalue weighted by Gasteiger charge is 2.35. The Balaban J connectivity index is 1.60. The molecule has 1 N–H and O–H groups in total. The van der Waals surface area contributed by atoms with E-state index in [2.05, 4.69) is 27.6 Å². The molecule has 4 rings (SSSR count). The number of hydrogen-bond donors (Lipinski definition) is 1. The number of halogens is 1. The van der Waals surface area contributed by atoms with Crippen molar-refractivity contribution in [1.82, 2.24) is 14.9 Å². The predicted octanol–water partition coefficient (Wildman–Crippen LogP) is 4.48. The van der Waals surface area contributed by atoms with E-state index < -0.39 is 5.60 Å². The first-order valence-electron chi connectivity index (χ1n) is 8.97. The molecule has 8 heteroatoms. The average molecular weight is 483 g/mol. The summed E-state index contributed by atoms with van der Waals surface area (Å²) in [6.07, 6.45) is 3.34. The van der Waals surface area contributed by atoms with Gasteiger partial charge in [-0.25, -0.2) is 9.78 Å². The molecule has 2 aromatic rings. The van der Waals surface area contributed by atoms with Gasteiger partial charge in [0.15, 0.2) is 11.5 Å². The first-order chi connectivity index (χ1) is 12.8. The molecular weight excluding hydrogens is 461 g/mol. The van der Waals surface area contributed by atoms with Gasteiger partial charge in [-0.3, -0.25) is 4.90 Å². The van der Waals surface area contributed by atoms with E-state index in [-0.39, 0.29) is 18.9 Å². The summed E-state index contributed by atoms with van der Waals surface area (Å²) in [5.41, 5.74) is 1.14. The van der Waals surface area contributed by atoms with Crippen molar-refractivity contribution in [1.29, 1.82) is 0 Å². The molecule has 0 saturated carbocycles. The Hall–Kier alpha value is -1.97. The third-order valence-electron chi connectivity index (χ3n) is 4.54. The van der Waals surface area contributed by atoms with Crippen LogP contribution in [0.1, 0.15) is 45.5 Å². The van der Waals surface area contributed by atoms with Gasteiger partial charge in [0, 0.05) is 18.3 Å². The Morgan fingerprint density at radius 3 is 2.89 bits per heavy atom. The molecule has 27 heavy (non-hydrogen) atoms. The van der Waals surface area contributed by atoms with Crippen molar-refractivity contribution in [3.05, 3.63) is 27.7 Å². The number of carbonyl (C=O) groups is 1. The van der Waals surface area contributed by atoms with Crippen molar-refractivity contribution in [2.45, 2.75) is 45.3 Å². The van der Waals surface area contributed by atoms with Gasteiger partial charge in [-0.15, -0.1) is 0 Å². The number of likely N-dealkylation sites (tertiary alicyclic amines) is 1. The number of benzene rings is 1. The van der Waals surface area contributed by atoms with Gasteiger partial charge in [0.05, 0.1) is 15.3 Å². The number of nitrogens with one attached hydrogen (secondary N) is 1. The van der Waals surface area contributed by atoms with Crippen LogP contribution in [0.5, 0.6) is 11.5 Å². The molecule has 1 saturated heterocycles. The molecule has 1 atom stereocenters. The van der Waals surface area contributed by atoms with Crippen LogP contribution in [0.3, 0.4) is 0 Å². The zero-order chi connectivity index (χ0) is 19.2. The fraction of sp³-hybridized carbons (Fsp3) is 0.474. The lowest BCUT2D eigenvalue weighted by molar-refractivity contribution is 0.0218. The topological polar surface area (TPSA) is 76.7 Å². The minimum Gasteiger partial charge on any atom is -0.453 e. The molecule has 0 radical (unpaired) electrons. The van der Waals surface area contributed by atoms with Crippen molar-refractivity contribution in [3.8, 4) is 22.8 Å². The highest BCUT2D eigenvalue weighted by Crippen LogP contribution is 2.44. The first-order valence-corrected chi connectivity index (χ1v) is 10.0. The summed E-state index contributed by atoms with van der Waals surface area (Å²) in [6, 6.07) is 3.86. The van der Waals surface area contributed by atoms with E-state index in [1.807, 2.05) is 39.1 Å². The Morgan fingerprint density at radius 2 is 2.11 bits per heavy atom. The number of aromatic nitrogens is 2. The van der Waals surface area contributed by atoms with Gasteiger partial charge < -0.3 is 19.2 Å². The van der Waals surface area contributed by atoms with Crippen LogP contribution in [0.2, 0.25) is 0 Å². The number of nitrogens with zero attached hydrogens (tertiary/aromatic N) is 2. The molecular formula is C19H22IN3O4. The Bertz CT molecular complexity index is 874. The smallest absolute Gasteiger partial charge is 0.410 e. The second-order valence-corrected chi connectivity index (χ2v) is 8.82. The van der Waals surface area contributed by atoms with Crippen LogP contribution in [-0.4, -0.2) is 39.9 Å². The number of rotatable bonds is 2. The van der Waals surface area contributed by atoms with Gasteiger partial charge in [0.1, 0.15) is 11.4 Å². The van der Waals surface area contributed by atoms with Crippen LogP contribution in [0.25, 0.3) is 11.3 Å². The van der Waals surface area contributed by atoms with E-state index >= 15 is 0 Å². The zero-order valence-electron chi connectivity index (χ0n) is 15.5. The molecule has 0 bridgehead atoms. The molecule has 1 fully saturated rings. The molecule has 1 amide bonds. The molecule has 2 aliphatic heterocycles. The molecule has 2 aliphatic rings. The lowest BCUT2D eigenvalue weighted by Gasteiger charge is -2.27. The quantitative estimate of drug-likeness (QED) is 0.638. The van der Waals surface area contributed by atoms with E-state index in [1.54, 1.807) is 4.90 Å². The number of amides is 1. The second-order valence-electron chi connectivity index (χ2n) is 7.66. The normalized spacial score (nSPS) is 18.8. The number of hydrogen-bond acceptors (Lipinski definition) is 5. The van der Waals surface area contributed by atoms with Crippen LogP contribution in [0.15, 0.2) is 18.3 Å². The maximum atomic E-state index is 12.5. The SMILES string of the molecule is CC(C)(C)OC(=O)N1CCC[C@H]1c1nc(-c2ccc(I)c3c2OCO3)c[nH]1. The van der Waals surface area contributed by atoms with Crippen LogP contribution in [-0.2, 0) is 4.74 Å². The number of ether oxygens (including phenoxy) is 3. The molecule has 1 aromatic carbocycles. The monoisotopic (exact) mass is 483 g/mol. The maximum Gasteiger partial charge on any atom is 0.410 e. The number of fused-ring (bicyclic) bond motifs is 1. The largest absolute Gasteiger partial charge is 0.453 e. The van der Waals surface area contributed by atoms with E-state index in [4.69, 9.17) is 19.2 Å². The van der Waals surface area contributed by atoms with E-state index in [0.29, 0.717) is 6.54 Å². The summed E-state index contributed by atoms with van der Waals surface area (Å²) < 4.78 is 17.8. The van der Waals surface area contributed by atoms with Crippen molar-refractivity contribution in [2.75, 3.05) is 13.3 Å². The molecule has 0 aliphatic carbocycles. The van der Waals surface area contributed by atoms with Crippen molar-refractivity contribution < 1.29 is 19.0 Å². The summed E-state index contributed by atoms with van der Waals surface area (Å²) in [7, 11) is 0. The Labute approximate surface area is 171 Å². The van der Waals surface area contributed by atoms with Gasteiger partial charge >= 0.3 is 6.09 Å². The molecule has 3 heterocycles. The minimum atomic E-state index is -0.516. The molecule has 1 aromatic heterocycles. The van der Waals surface area contributed by atoms with Crippen LogP contribution >= 0.6 is 22.6 Å². The van der Waals surface area contributed by atoms with Crippen molar-refractivity contribution in [2.24, 2.45) is 0 Å². The van der Waals surface area contributed by atoms with E-state index in [1.165, 1.54) is 0 Å². The maximum absolute atomic E-state index is 12.5. The highest BCUT2D eigenvalue weighted by molar-refractivity contribution is 14.1. The molecule has 144 valence electrons. The number of H-pyrrole nitrogens is 1. The summed E-state index contributed by atoms with van der Waals surface area (Å²) in [5.74, 6) is 2.24. The number of aromatic amines is 1. The fourth-order valence-electron chi connectivity index (χ4n) is 3.40. The molecule has 0 spiro atoms. The van der Waals surface area contributed by atoms with Gasteiger partial charge in [-0.05, 0) is 68.3 Å². The van der Waals surface area contributed by atoms with Gasteiger partial charge in [-0.1, -0.05) is 0 Å². The van der Waals surface area contributed by atoms with Crippen molar-refractivity contribution >= 4 is 28.7 Å². The third-order valence-corrected chi connectivity index (χ3v) is 5.39. The second kappa shape index (κ2) is 6.88. The summed E-state index contributed by atoms with van der Waals surface area (Å²) in [6.45, 7) is 6.52. The number of carbonyl (C=O) groups excluding carboxylic acids is 1. The van der Waals surface area contributed by atoms with Gasteiger partial charge in [0.25, 0.3) is 0 Å². The van der Waals surface area contributed by atoms with E-state index in [9.17, 15) is 4.79 Å². The first kappa shape index (κ1) is 18.4. The number of imidazole rings is 1. The standard InChI is InChI=1S/C19H22IN3O4/c1-19(2,3)27-18(24)23-8-4-5-14(23)17-21-9-13(22-17)11-6-7-12(20)16-15(11)25-10-26-16/h6-7,9,14H,4-5,8,10H2,1-3H3,(H,21,22)/t14-/m0/s1. The van der Waals surface area contributed by atoms with Crippen LogP contribution < -0.4 is 9.47 Å². The van der Waals surface area contributed by atoms with E-state index in [0.717, 1.165) is 45.0 Å². The summed E-state index contributed by atoms with van der Waals surface area (Å²) >= 11 is 2.23. The highest BCUT2D eigenvalue weighted by atomic mass is 127. The average Bonchev–Trinajstić information content (AvgIpc) is 3.33. The lowest BCUT2D eigenvalue weighted by Crippen LogP contribution is -2.36. The van der Waals surface area contributed by atoms with Crippen LogP contribution in [0.4, 0.5) is 4.79 Å². The zero-order valence-corrected chi connectivity index (χ0v) is 17.7. The summed E-state index contributed by atoms with van der Waals surface area (Å²) in [5, 5.41) is 0. The minimum absolute atomic E-state index is 0.109. The van der Waals surface area contributed by atoms with Gasteiger partial charge in [0.2, 0.25) is 6.79 Å². The van der Waals surface area contributed by atoms with Crippen LogP contribution in [0, 0.1) is 3.57 Å². The molecule has 7 nitrogen and oxygen atoms in total. The fourth-order valence-corrected chi connectivity index (χ4v) is 3.98. The lowest BCUT2D eigenvalue weighted by atomic mass is 10.1. The van der Waals surface area contributed by atoms with Crippen molar-refractivity contribution in [3.63, 3.8) is 0 Å².